The predicted molar refractivity (Wildman–Crippen MR) is 117 cm³/mol. The van der Waals surface area contributed by atoms with Crippen molar-refractivity contribution in [2.45, 2.75) is 24.7 Å². The van der Waals surface area contributed by atoms with Gasteiger partial charge in [-0.2, -0.15) is 4.31 Å². The molecular weight excluding hydrogens is 434 g/mol. The van der Waals surface area contributed by atoms with E-state index in [1.54, 1.807) is 31.2 Å². The molecule has 32 heavy (non-hydrogen) atoms. The number of benzene rings is 2. The lowest BCUT2D eigenvalue weighted by Crippen LogP contribution is -2.40. The SMILES string of the molecule is Cc1ccc(S(=O)(=O)N2CCOCC2)cc1NC(=O)c1cccc(N2C(=O)CCC2=O)c1. The number of rotatable bonds is 5. The Labute approximate surface area is 186 Å². The summed E-state index contributed by atoms with van der Waals surface area (Å²) in [6.07, 6.45) is 0.303. The lowest BCUT2D eigenvalue weighted by Gasteiger charge is -2.26. The molecular formula is C22H23N3O6S. The summed E-state index contributed by atoms with van der Waals surface area (Å²) in [6, 6.07) is 10.8. The predicted octanol–water partition coefficient (Wildman–Crippen LogP) is 1.92. The fraction of sp³-hybridized carbons (Fsp3) is 0.318. The summed E-state index contributed by atoms with van der Waals surface area (Å²) in [5, 5.41) is 2.75. The maximum Gasteiger partial charge on any atom is 0.255 e. The third-order valence-electron chi connectivity index (χ3n) is 5.48. The summed E-state index contributed by atoms with van der Waals surface area (Å²) in [5.74, 6) is -1.08. The number of morpholine rings is 1. The molecule has 2 saturated heterocycles. The first-order valence-electron chi connectivity index (χ1n) is 10.2. The fourth-order valence-electron chi connectivity index (χ4n) is 3.68. The zero-order valence-corrected chi connectivity index (χ0v) is 18.4. The number of anilines is 2. The first-order valence-corrected chi connectivity index (χ1v) is 11.7. The van der Waals surface area contributed by atoms with E-state index in [2.05, 4.69) is 5.32 Å². The third kappa shape index (κ3) is 4.29. The number of sulfonamides is 1. The summed E-state index contributed by atoms with van der Waals surface area (Å²) in [4.78, 5) is 38.0. The van der Waals surface area contributed by atoms with Gasteiger partial charge in [0.25, 0.3) is 5.91 Å². The van der Waals surface area contributed by atoms with Gasteiger partial charge in [0.05, 0.1) is 23.8 Å². The number of nitrogens with zero attached hydrogens (tertiary/aromatic N) is 2. The molecule has 0 radical (unpaired) electrons. The highest BCUT2D eigenvalue weighted by Gasteiger charge is 2.31. The number of imide groups is 1. The van der Waals surface area contributed by atoms with Gasteiger partial charge in [-0.1, -0.05) is 12.1 Å². The van der Waals surface area contributed by atoms with Crippen LogP contribution in [-0.4, -0.2) is 56.7 Å². The van der Waals surface area contributed by atoms with Crippen molar-refractivity contribution in [3.05, 3.63) is 53.6 Å². The first kappa shape index (κ1) is 22.1. The number of amides is 3. The second kappa shape index (κ2) is 8.81. The molecule has 0 unspecified atom stereocenters. The van der Waals surface area contributed by atoms with Gasteiger partial charge in [-0.05, 0) is 42.8 Å². The van der Waals surface area contributed by atoms with Crippen LogP contribution in [0.5, 0.6) is 0 Å². The van der Waals surface area contributed by atoms with E-state index in [-0.39, 0.29) is 48.2 Å². The standard InChI is InChI=1S/C22H23N3O6S/c1-15-5-6-18(32(29,30)24-9-11-31-12-10-24)14-19(15)23-22(28)16-3-2-4-17(13-16)25-20(26)7-8-21(25)27/h2-6,13-14H,7-12H2,1H3,(H,23,28). The number of carbonyl (C=O) groups excluding carboxylic acids is 3. The van der Waals surface area contributed by atoms with Crippen LogP contribution in [0.25, 0.3) is 0 Å². The molecule has 2 aromatic carbocycles. The second-order valence-electron chi connectivity index (χ2n) is 7.62. The molecule has 0 spiro atoms. The summed E-state index contributed by atoms with van der Waals surface area (Å²) in [6.45, 7) is 3.00. The number of nitrogens with one attached hydrogen (secondary N) is 1. The Morgan fingerprint density at radius 2 is 1.69 bits per heavy atom. The van der Waals surface area contributed by atoms with Gasteiger partial charge in [-0.15, -0.1) is 0 Å². The molecule has 0 atom stereocenters. The molecule has 2 aromatic rings. The van der Waals surface area contributed by atoms with Crippen LogP contribution in [0.4, 0.5) is 11.4 Å². The molecule has 0 aliphatic carbocycles. The van der Waals surface area contributed by atoms with E-state index in [0.717, 1.165) is 4.90 Å². The largest absolute Gasteiger partial charge is 0.379 e. The Morgan fingerprint density at radius 1 is 1.00 bits per heavy atom. The maximum absolute atomic E-state index is 12.9. The summed E-state index contributed by atoms with van der Waals surface area (Å²) < 4.78 is 32.5. The Kier molecular flexibility index (Phi) is 6.09. The normalized spacial score (nSPS) is 17.6. The van der Waals surface area contributed by atoms with Crippen molar-refractivity contribution in [3.8, 4) is 0 Å². The van der Waals surface area contributed by atoms with Gasteiger partial charge in [0, 0.05) is 37.2 Å². The third-order valence-corrected chi connectivity index (χ3v) is 7.38. The number of hydrogen-bond acceptors (Lipinski definition) is 6. The van der Waals surface area contributed by atoms with E-state index in [1.807, 2.05) is 0 Å². The van der Waals surface area contributed by atoms with Crippen LogP contribution in [0.3, 0.4) is 0 Å². The minimum absolute atomic E-state index is 0.0855. The number of hydrogen-bond donors (Lipinski definition) is 1. The van der Waals surface area contributed by atoms with Crippen LogP contribution < -0.4 is 10.2 Å². The van der Waals surface area contributed by atoms with Crippen molar-refractivity contribution in [2.75, 3.05) is 36.5 Å². The smallest absolute Gasteiger partial charge is 0.255 e. The zero-order chi connectivity index (χ0) is 22.9. The van der Waals surface area contributed by atoms with E-state index in [1.165, 1.54) is 22.5 Å². The highest BCUT2D eigenvalue weighted by molar-refractivity contribution is 7.89. The summed E-state index contributed by atoms with van der Waals surface area (Å²) in [5.41, 5.74) is 1.64. The number of carbonyl (C=O) groups is 3. The zero-order valence-electron chi connectivity index (χ0n) is 17.5. The summed E-state index contributed by atoms with van der Waals surface area (Å²) >= 11 is 0. The molecule has 9 nitrogen and oxygen atoms in total. The highest BCUT2D eigenvalue weighted by Crippen LogP contribution is 2.26. The molecule has 168 valence electrons. The Balaban J connectivity index is 1.57. The minimum Gasteiger partial charge on any atom is -0.379 e. The van der Waals surface area contributed by atoms with Crippen molar-refractivity contribution in [3.63, 3.8) is 0 Å². The molecule has 1 N–H and O–H groups in total. The molecule has 2 heterocycles. The monoisotopic (exact) mass is 457 g/mol. The van der Waals surface area contributed by atoms with Crippen LogP contribution >= 0.6 is 0 Å². The Bertz CT molecular complexity index is 1170. The fourth-order valence-corrected chi connectivity index (χ4v) is 5.11. The lowest BCUT2D eigenvalue weighted by atomic mass is 10.1. The maximum atomic E-state index is 12.9. The molecule has 2 fully saturated rings. The van der Waals surface area contributed by atoms with E-state index >= 15 is 0 Å². The molecule has 3 amide bonds. The second-order valence-corrected chi connectivity index (χ2v) is 9.56. The van der Waals surface area contributed by atoms with Gasteiger partial charge >= 0.3 is 0 Å². The van der Waals surface area contributed by atoms with Crippen molar-refractivity contribution in [1.82, 2.24) is 4.31 Å². The van der Waals surface area contributed by atoms with Gasteiger partial charge in [0.1, 0.15) is 0 Å². The molecule has 2 aliphatic rings. The average molecular weight is 458 g/mol. The summed E-state index contributed by atoms with van der Waals surface area (Å²) in [7, 11) is -3.71. The van der Waals surface area contributed by atoms with E-state index in [4.69, 9.17) is 4.74 Å². The van der Waals surface area contributed by atoms with Crippen molar-refractivity contribution in [2.24, 2.45) is 0 Å². The van der Waals surface area contributed by atoms with E-state index in [9.17, 15) is 22.8 Å². The Hall–Kier alpha value is -3.08. The molecule has 4 rings (SSSR count). The molecule has 0 bridgehead atoms. The van der Waals surface area contributed by atoms with Crippen LogP contribution in [0, 0.1) is 6.92 Å². The van der Waals surface area contributed by atoms with Gasteiger partial charge in [-0.3, -0.25) is 19.3 Å². The molecule has 0 aromatic heterocycles. The lowest BCUT2D eigenvalue weighted by molar-refractivity contribution is -0.121. The van der Waals surface area contributed by atoms with E-state index in [0.29, 0.717) is 30.2 Å². The van der Waals surface area contributed by atoms with Crippen molar-refractivity contribution >= 4 is 39.1 Å². The Morgan fingerprint density at radius 3 is 2.38 bits per heavy atom. The quantitative estimate of drug-likeness (QED) is 0.687. The highest BCUT2D eigenvalue weighted by atomic mass is 32.2. The van der Waals surface area contributed by atoms with Crippen LogP contribution in [-0.2, 0) is 24.3 Å². The minimum atomic E-state index is -3.71. The van der Waals surface area contributed by atoms with Crippen LogP contribution in [0.15, 0.2) is 47.4 Å². The molecule has 2 aliphatic heterocycles. The molecule has 10 heteroatoms. The van der Waals surface area contributed by atoms with Crippen LogP contribution in [0.1, 0.15) is 28.8 Å². The van der Waals surface area contributed by atoms with Crippen LogP contribution in [0.2, 0.25) is 0 Å². The molecule has 0 saturated carbocycles. The average Bonchev–Trinajstić information content (AvgIpc) is 3.13. The number of ether oxygens (including phenoxy) is 1. The van der Waals surface area contributed by atoms with E-state index < -0.39 is 15.9 Å². The topological polar surface area (TPSA) is 113 Å². The van der Waals surface area contributed by atoms with Crippen molar-refractivity contribution < 1.29 is 27.5 Å². The van der Waals surface area contributed by atoms with Gasteiger partial charge in [0.2, 0.25) is 21.8 Å². The number of aryl methyl sites for hydroxylation is 1. The van der Waals surface area contributed by atoms with Gasteiger partial charge in [-0.25, -0.2) is 8.42 Å². The first-order chi connectivity index (χ1) is 15.3. The van der Waals surface area contributed by atoms with Crippen molar-refractivity contribution in [1.29, 1.82) is 0 Å². The van der Waals surface area contributed by atoms with Gasteiger partial charge < -0.3 is 10.1 Å². The van der Waals surface area contributed by atoms with Gasteiger partial charge in [0.15, 0.2) is 0 Å².